The minimum atomic E-state index is 0. The Hall–Kier alpha value is -0.00688. The molecule has 1 radical (unpaired) electrons. The Bertz CT molecular complexity index is 690. The molecule has 0 nitrogen and oxygen atoms in total. The van der Waals surface area contributed by atoms with Crippen molar-refractivity contribution < 1.29 is 51.0 Å². The topological polar surface area (TPSA) is 0 Å². The van der Waals surface area contributed by atoms with Crippen LogP contribution in [0.25, 0.3) is 21.9 Å². The van der Waals surface area contributed by atoms with Crippen molar-refractivity contribution >= 4 is 26.7 Å². The summed E-state index contributed by atoms with van der Waals surface area (Å²) >= 11 is 3.48. The Labute approximate surface area is 165 Å². The minimum Gasteiger partial charge on any atom is -1.00 e. The Balaban J connectivity index is 0.00000133. The fraction of sp³-hybridized carbons (Fsp3) is 0.118. The van der Waals surface area contributed by atoms with E-state index < -0.39 is 0 Å². The SMILES string of the molecule is CCc1cc2c(-c3ccc(Br)cc3)cccc2[cH-]1.[Cl-].[Cl-].[Zr+3]. The molecular formula is C17H14BrCl2Zr. The summed E-state index contributed by atoms with van der Waals surface area (Å²) < 4.78 is 1.12. The maximum absolute atomic E-state index is 3.48. The summed E-state index contributed by atoms with van der Waals surface area (Å²) in [7, 11) is 0. The van der Waals surface area contributed by atoms with Crippen LogP contribution in [0.4, 0.5) is 0 Å². The van der Waals surface area contributed by atoms with Crippen LogP contribution in [0.2, 0.25) is 0 Å². The predicted molar refractivity (Wildman–Crippen MR) is 82.1 cm³/mol. The standard InChI is InChI=1S/C17H14Br.2ClH.Zr/c1-2-12-10-14-4-3-5-16(17(14)11-12)13-6-8-15(18)9-7-13;;;/h3-11H,2H2,1H3;2*1H;/q-1;;;+3/p-2. The molecule has 0 bridgehead atoms. The van der Waals surface area contributed by atoms with Crippen LogP contribution in [-0.2, 0) is 32.6 Å². The summed E-state index contributed by atoms with van der Waals surface area (Å²) in [6.07, 6.45) is 1.09. The van der Waals surface area contributed by atoms with E-state index in [0.717, 1.165) is 10.9 Å². The molecule has 3 aromatic carbocycles. The first kappa shape index (κ1) is 21.0. The van der Waals surface area contributed by atoms with E-state index in [4.69, 9.17) is 0 Å². The molecule has 0 saturated heterocycles. The van der Waals surface area contributed by atoms with Gasteiger partial charge in [-0.3, -0.25) is 0 Å². The molecule has 21 heavy (non-hydrogen) atoms. The van der Waals surface area contributed by atoms with Gasteiger partial charge in [0.25, 0.3) is 0 Å². The quantitative estimate of drug-likeness (QED) is 0.455. The maximum Gasteiger partial charge on any atom is 3.00 e. The Kier molecular flexibility index (Phi) is 9.20. The second-order valence-corrected chi connectivity index (χ2v) is 5.45. The van der Waals surface area contributed by atoms with Crippen molar-refractivity contribution in [3.05, 3.63) is 64.6 Å². The first-order valence-corrected chi connectivity index (χ1v) is 7.01. The van der Waals surface area contributed by atoms with Crippen molar-refractivity contribution in [2.45, 2.75) is 13.3 Å². The van der Waals surface area contributed by atoms with Crippen molar-refractivity contribution in [3.63, 3.8) is 0 Å². The second-order valence-electron chi connectivity index (χ2n) is 4.53. The van der Waals surface area contributed by atoms with Crippen LogP contribution in [0.3, 0.4) is 0 Å². The van der Waals surface area contributed by atoms with Crippen LogP contribution in [-0.4, -0.2) is 0 Å². The Morgan fingerprint density at radius 3 is 2.29 bits per heavy atom. The fourth-order valence-electron chi connectivity index (χ4n) is 2.38. The Morgan fingerprint density at radius 2 is 1.67 bits per heavy atom. The van der Waals surface area contributed by atoms with E-state index in [9.17, 15) is 0 Å². The summed E-state index contributed by atoms with van der Waals surface area (Å²) in [4.78, 5) is 0. The molecule has 107 valence electrons. The van der Waals surface area contributed by atoms with E-state index in [1.165, 1.54) is 27.5 Å². The van der Waals surface area contributed by atoms with Crippen LogP contribution >= 0.6 is 15.9 Å². The first-order valence-electron chi connectivity index (χ1n) is 6.22. The summed E-state index contributed by atoms with van der Waals surface area (Å²) in [5.74, 6) is 0. The molecule has 0 aliphatic carbocycles. The number of rotatable bonds is 2. The van der Waals surface area contributed by atoms with Gasteiger partial charge in [0, 0.05) is 4.47 Å². The third-order valence-electron chi connectivity index (χ3n) is 3.37. The van der Waals surface area contributed by atoms with E-state index in [1.54, 1.807) is 0 Å². The first-order chi connectivity index (χ1) is 8.78. The molecule has 0 aliphatic heterocycles. The van der Waals surface area contributed by atoms with E-state index >= 15 is 0 Å². The summed E-state index contributed by atoms with van der Waals surface area (Å²) in [6, 6.07) is 19.6. The second kappa shape index (κ2) is 9.20. The molecule has 0 N–H and O–H groups in total. The van der Waals surface area contributed by atoms with Crippen LogP contribution in [0.5, 0.6) is 0 Å². The molecular weight excluding hydrogens is 446 g/mol. The largest absolute Gasteiger partial charge is 3.00 e. The van der Waals surface area contributed by atoms with Gasteiger partial charge in [0.05, 0.1) is 0 Å². The van der Waals surface area contributed by atoms with E-state index in [1.807, 2.05) is 0 Å². The third-order valence-corrected chi connectivity index (χ3v) is 3.90. The molecule has 0 spiro atoms. The molecule has 0 fully saturated rings. The summed E-state index contributed by atoms with van der Waals surface area (Å²) in [5, 5.41) is 2.70. The molecule has 3 aromatic rings. The van der Waals surface area contributed by atoms with E-state index in [0.29, 0.717) is 0 Å². The number of benzene rings is 2. The van der Waals surface area contributed by atoms with Crippen LogP contribution < -0.4 is 24.8 Å². The predicted octanol–water partition coefficient (Wildman–Crippen LogP) is -0.444. The van der Waals surface area contributed by atoms with Crippen molar-refractivity contribution in [2.75, 3.05) is 0 Å². The van der Waals surface area contributed by atoms with Crippen molar-refractivity contribution in [1.82, 2.24) is 0 Å². The smallest absolute Gasteiger partial charge is 1.00 e. The molecule has 0 aliphatic rings. The van der Waals surface area contributed by atoms with Gasteiger partial charge in [0.1, 0.15) is 0 Å². The molecule has 0 saturated carbocycles. The van der Waals surface area contributed by atoms with Crippen LogP contribution in [0.15, 0.2) is 59.1 Å². The van der Waals surface area contributed by atoms with Crippen LogP contribution in [0, 0.1) is 0 Å². The molecule has 3 rings (SSSR count). The van der Waals surface area contributed by atoms with Crippen molar-refractivity contribution in [2.24, 2.45) is 0 Å². The zero-order valence-corrected chi connectivity index (χ0v) is 17.1. The van der Waals surface area contributed by atoms with Gasteiger partial charge in [-0.15, -0.1) is 34.5 Å². The zero-order chi connectivity index (χ0) is 12.5. The van der Waals surface area contributed by atoms with Gasteiger partial charge in [-0.05, 0) is 24.1 Å². The normalized spacial score (nSPS) is 9.43. The van der Waals surface area contributed by atoms with Gasteiger partial charge in [0.15, 0.2) is 0 Å². The van der Waals surface area contributed by atoms with Gasteiger partial charge in [-0.1, -0.05) is 46.6 Å². The van der Waals surface area contributed by atoms with Gasteiger partial charge in [-0.2, -0.15) is 6.07 Å². The average molecular weight is 460 g/mol. The molecule has 4 heteroatoms. The van der Waals surface area contributed by atoms with E-state index in [2.05, 4.69) is 77.5 Å². The van der Waals surface area contributed by atoms with Crippen LogP contribution in [0.1, 0.15) is 12.5 Å². The van der Waals surface area contributed by atoms with Gasteiger partial charge >= 0.3 is 26.2 Å². The maximum atomic E-state index is 3.48. The third kappa shape index (κ3) is 4.48. The number of halogens is 3. The Morgan fingerprint density at radius 1 is 1.00 bits per heavy atom. The number of aryl methyl sites for hydroxylation is 1. The molecule has 0 amide bonds. The fourth-order valence-corrected chi connectivity index (χ4v) is 2.65. The minimum absolute atomic E-state index is 0. The average Bonchev–Trinajstić information content (AvgIpc) is 2.82. The van der Waals surface area contributed by atoms with Crippen molar-refractivity contribution in [3.8, 4) is 11.1 Å². The van der Waals surface area contributed by atoms with Gasteiger partial charge in [0.2, 0.25) is 0 Å². The number of fused-ring (bicyclic) bond motifs is 1. The summed E-state index contributed by atoms with van der Waals surface area (Å²) in [5.41, 5.74) is 4.01. The number of hydrogen-bond acceptors (Lipinski definition) is 0. The van der Waals surface area contributed by atoms with E-state index in [-0.39, 0.29) is 51.0 Å². The zero-order valence-electron chi connectivity index (χ0n) is 11.5. The summed E-state index contributed by atoms with van der Waals surface area (Å²) in [6.45, 7) is 2.20. The number of hydrogen-bond donors (Lipinski definition) is 0. The molecule has 0 heterocycles. The molecule has 0 unspecified atom stereocenters. The van der Waals surface area contributed by atoms with Gasteiger partial charge < -0.3 is 24.8 Å². The monoisotopic (exact) mass is 457 g/mol. The molecule has 0 atom stereocenters. The van der Waals surface area contributed by atoms with Crippen molar-refractivity contribution in [1.29, 1.82) is 0 Å². The van der Waals surface area contributed by atoms with Gasteiger partial charge in [-0.25, -0.2) is 0 Å². The molecule has 0 aromatic heterocycles.